The van der Waals surface area contributed by atoms with Crippen LogP contribution in [0.1, 0.15) is 25.1 Å². The second kappa shape index (κ2) is 6.91. The highest BCUT2D eigenvalue weighted by Gasteiger charge is 2.07. The van der Waals surface area contributed by atoms with Crippen LogP contribution in [0.5, 0.6) is 0 Å². The summed E-state index contributed by atoms with van der Waals surface area (Å²) in [5.41, 5.74) is 2.22. The Kier molecular flexibility index (Phi) is 5.20. The molecule has 0 spiro atoms. The average molecular weight is 323 g/mol. The lowest BCUT2D eigenvalue weighted by Crippen LogP contribution is -2.34. The number of nitrogens with zero attached hydrogens (tertiary/aromatic N) is 2. The van der Waals surface area contributed by atoms with Crippen LogP contribution < -0.4 is 10.6 Å². The summed E-state index contributed by atoms with van der Waals surface area (Å²) in [6.45, 7) is 6.80. The molecule has 0 aliphatic heterocycles. The quantitative estimate of drug-likeness (QED) is 0.844. The first-order valence-electron chi connectivity index (χ1n) is 6.80. The zero-order valence-corrected chi connectivity index (χ0v) is 13.9. The molecule has 0 radical (unpaired) electrons. The van der Waals surface area contributed by atoms with Crippen LogP contribution >= 0.6 is 23.8 Å². The Bertz CT molecular complexity index is 619. The van der Waals surface area contributed by atoms with E-state index in [4.69, 9.17) is 23.8 Å². The molecule has 0 saturated carbocycles. The normalized spacial score (nSPS) is 10.7. The number of hydrogen-bond donors (Lipinski definition) is 2. The third kappa shape index (κ3) is 4.72. The van der Waals surface area contributed by atoms with Crippen molar-refractivity contribution in [3.05, 3.63) is 46.6 Å². The molecule has 6 heteroatoms. The van der Waals surface area contributed by atoms with E-state index in [1.54, 1.807) is 0 Å². The van der Waals surface area contributed by atoms with E-state index in [1.807, 2.05) is 55.8 Å². The molecule has 0 fully saturated rings. The zero-order chi connectivity index (χ0) is 15.4. The fourth-order valence-corrected chi connectivity index (χ4v) is 2.37. The summed E-state index contributed by atoms with van der Waals surface area (Å²) in [7, 11) is 0. The van der Waals surface area contributed by atoms with Gasteiger partial charge in [-0.3, -0.25) is 4.68 Å². The van der Waals surface area contributed by atoms with Gasteiger partial charge in [0.2, 0.25) is 0 Å². The summed E-state index contributed by atoms with van der Waals surface area (Å²) in [4.78, 5) is 0. The minimum Gasteiger partial charge on any atom is -0.360 e. The van der Waals surface area contributed by atoms with Gasteiger partial charge in [-0.1, -0.05) is 23.7 Å². The Morgan fingerprint density at radius 1 is 1.33 bits per heavy atom. The number of aryl methyl sites for hydroxylation is 1. The molecule has 0 aliphatic carbocycles. The molecule has 4 nitrogen and oxygen atoms in total. The number of anilines is 1. The maximum atomic E-state index is 5.90. The van der Waals surface area contributed by atoms with E-state index in [-0.39, 0.29) is 0 Å². The zero-order valence-electron chi connectivity index (χ0n) is 12.4. The second-order valence-electron chi connectivity index (χ2n) is 5.21. The molecule has 1 heterocycles. The van der Waals surface area contributed by atoms with Gasteiger partial charge in [-0.25, -0.2) is 0 Å². The van der Waals surface area contributed by atoms with E-state index < -0.39 is 0 Å². The van der Waals surface area contributed by atoms with Gasteiger partial charge >= 0.3 is 0 Å². The van der Waals surface area contributed by atoms with Crippen molar-refractivity contribution in [2.75, 3.05) is 5.32 Å². The lowest BCUT2D eigenvalue weighted by molar-refractivity contribution is 0.667. The Labute approximate surface area is 135 Å². The number of rotatable bonds is 4. The predicted molar refractivity (Wildman–Crippen MR) is 92.0 cm³/mol. The van der Waals surface area contributed by atoms with E-state index in [2.05, 4.69) is 15.7 Å². The van der Waals surface area contributed by atoms with Crippen molar-refractivity contribution >= 4 is 34.7 Å². The summed E-state index contributed by atoms with van der Waals surface area (Å²) < 4.78 is 1.93. The van der Waals surface area contributed by atoms with Gasteiger partial charge in [0.25, 0.3) is 0 Å². The van der Waals surface area contributed by atoms with Gasteiger partial charge in [0.15, 0.2) is 10.9 Å². The average Bonchev–Trinajstić information content (AvgIpc) is 2.71. The Hall–Kier alpha value is -1.59. The monoisotopic (exact) mass is 322 g/mol. The van der Waals surface area contributed by atoms with Crippen molar-refractivity contribution < 1.29 is 0 Å². The highest BCUT2D eigenvalue weighted by Crippen LogP contribution is 2.14. The Morgan fingerprint density at radius 3 is 2.62 bits per heavy atom. The molecule has 112 valence electrons. The van der Waals surface area contributed by atoms with Gasteiger partial charge in [-0.2, -0.15) is 5.10 Å². The fraction of sp³-hybridized carbons (Fsp3) is 0.333. The SMILES string of the molecule is Cc1cc(NC(=S)NC(C)C)nn1Cc1ccc(Cl)cc1. The van der Waals surface area contributed by atoms with Crippen LogP contribution in [-0.2, 0) is 6.54 Å². The van der Waals surface area contributed by atoms with E-state index in [0.717, 1.165) is 22.1 Å². The van der Waals surface area contributed by atoms with Crippen LogP contribution in [-0.4, -0.2) is 20.9 Å². The first-order valence-corrected chi connectivity index (χ1v) is 7.59. The molecule has 2 aromatic rings. The van der Waals surface area contributed by atoms with Crippen LogP contribution in [0.3, 0.4) is 0 Å². The number of halogens is 1. The summed E-state index contributed by atoms with van der Waals surface area (Å²) in [6, 6.07) is 10.0. The predicted octanol–water partition coefficient (Wildman–Crippen LogP) is 3.59. The fourth-order valence-electron chi connectivity index (χ4n) is 1.91. The molecule has 0 amide bonds. The maximum absolute atomic E-state index is 5.90. The molecule has 2 N–H and O–H groups in total. The van der Waals surface area contributed by atoms with Crippen LogP contribution in [0.4, 0.5) is 5.82 Å². The summed E-state index contributed by atoms with van der Waals surface area (Å²) >= 11 is 11.1. The van der Waals surface area contributed by atoms with Crippen molar-refractivity contribution in [2.24, 2.45) is 0 Å². The first kappa shape index (κ1) is 15.8. The molecule has 21 heavy (non-hydrogen) atoms. The topological polar surface area (TPSA) is 41.9 Å². The van der Waals surface area contributed by atoms with Crippen molar-refractivity contribution in [3.63, 3.8) is 0 Å². The third-order valence-electron chi connectivity index (χ3n) is 2.89. The number of nitrogens with one attached hydrogen (secondary N) is 2. The minimum atomic E-state index is 0.294. The molecule has 0 bridgehead atoms. The van der Waals surface area contributed by atoms with Gasteiger partial charge in [-0.15, -0.1) is 0 Å². The lowest BCUT2D eigenvalue weighted by atomic mass is 10.2. The van der Waals surface area contributed by atoms with Crippen molar-refractivity contribution in [1.82, 2.24) is 15.1 Å². The molecule has 1 aromatic heterocycles. The van der Waals surface area contributed by atoms with Gasteiger partial charge in [0.05, 0.1) is 6.54 Å². The standard InChI is InChI=1S/C15H19ClN4S/c1-10(2)17-15(21)18-14-8-11(3)20(19-14)9-12-4-6-13(16)7-5-12/h4-8,10H,9H2,1-3H3,(H2,17,18,19,21). The molecule has 1 aromatic carbocycles. The van der Waals surface area contributed by atoms with Crippen molar-refractivity contribution in [3.8, 4) is 0 Å². The third-order valence-corrected chi connectivity index (χ3v) is 3.36. The summed E-state index contributed by atoms with van der Waals surface area (Å²) in [6.07, 6.45) is 0. The number of thiocarbonyl (C=S) groups is 1. The maximum Gasteiger partial charge on any atom is 0.172 e. The van der Waals surface area contributed by atoms with Crippen molar-refractivity contribution in [2.45, 2.75) is 33.4 Å². The molecular formula is C15H19ClN4S. The highest BCUT2D eigenvalue weighted by atomic mass is 35.5. The second-order valence-corrected chi connectivity index (χ2v) is 6.05. The number of benzene rings is 1. The van der Waals surface area contributed by atoms with Crippen LogP contribution in [0.15, 0.2) is 30.3 Å². The summed E-state index contributed by atoms with van der Waals surface area (Å²) in [5.74, 6) is 0.750. The van der Waals surface area contributed by atoms with Gasteiger partial charge in [-0.05, 0) is 50.7 Å². The largest absolute Gasteiger partial charge is 0.360 e. The van der Waals surface area contributed by atoms with Crippen molar-refractivity contribution in [1.29, 1.82) is 0 Å². The molecule has 0 saturated heterocycles. The van der Waals surface area contributed by atoms with Gasteiger partial charge < -0.3 is 10.6 Å². The van der Waals surface area contributed by atoms with E-state index in [1.165, 1.54) is 0 Å². The van der Waals surface area contributed by atoms with E-state index in [0.29, 0.717) is 17.7 Å². The summed E-state index contributed by atoms with van der Waals surface area (Å²) in [5, 5.41) is 12.1. The molecular weight excluding hydrogens is 304 g/mol. The van der Waals surface area contributed by atoms with Crippen LogP contribution in [0, 0.1) is 6.92 Å². The highest BCUT2D eigenvalue weighted by molar-refractivity contribution is 7.80. The lowest BCUT2D eigenvalue weighted by Gasteiger charge is -2.11. The van der Waals surface area contributed by atoms with Crippen LogP contribution in [0.25, 0.3) is 0 Å². The molecule has 2 rings (SSSR count). The van der Waals surface area contributed by atoms with Crippen LogP contribution in [0.2, 0.25) is 5.02 Å². The molecule has 0 atom stereocenters. The van der Waals surface area contributed by atoms with Gasteiger partial charge in [0.1, 0.15) is 0 Å². The Morgan fingerprint density at radius 2 is 2.00 bits per heavy atom. The molecule has 0 unspecified atom stereocenters. The van der Waals surface area contributed by atoms with E-state index in [9.17, 15) is 0 Å². The van der Waals surface area contributed by atoms with Gasteiger partial charge in [0, 0.05) is 22.8 Å². The minimum absolute atomic E-state index is 0.294. The number of hydrogen-bond acceptors (Lipinski definition) is 2. The van der Waals surface area contributed by atoms with E-state index >= 15 is 0 Å². The molecule has 0 aliphatic rings. The Balaban J connectivity index is 2.05. The first-order chi connectivity index (χ1) is 9.94. The number of aromatic nitrogens is 2. The smallest absolute Gasteiger partial charge is 0.172 e.